The number of benzene rings is 1. The van der Waals surface area contributed by atoms with Crippen LogP contribution in [0.4, 0.5) is 0 Å². The number of tetrazole rings is 1. The molecule has 1 amide bonds. The minimum absolute atomic E-state index is 0.111. The van der Waals surface area contributed by atoms with Crippen molar-refractivity contribution in [1.29, 1.82) is 0 Å². The number of fused-ring (bicyclic) bond motifs is 1. The highest BCUT2D eigenvalue weighted by atomic mass is 32.2. The molecule has 0 radical (unpaired) electrons. The molecule has 2 aromatic heterocycles. The van der Waals surface area contributed by atoms with Crippen molar-refractivity contribution in [3.63, 3.8) is 0 Å². The lowest BCUT2D eigenvalue weighted by atomic mass is 10.1. The summed E-state index contributed by atoms with van der Waals surface area (Å²) in [6.07, 6.45) is 0. The number of amides is 1. The fraction of sp³-hybridized carbons (Fsp3) is 0.312. The number of nitrogens with zero attached hydrogens (tertiary/aromatic N) is 5. The summed E-state index contributed by atoms with van der Waals surface area (Å²) in [6.45, 7) is 4.41. The average Bonchev–Trinajstić information content (AvgIpc) is 2.96. The number of rotatable bonds is 5. The van der Waals surface area contributed by atoms with Crippen LogP contribution in [0.5, 0.6) is 0 Å². The number of carbonyl (C=O) groups is 1. The fourth-order valence-corrected chi connectivity index (χ4v) is 3.07. The number of aryl methyl sites for hydroxylation is 3. The summed E-state index contributed by atoms with van der Waals surface area (Å²) >= 11 is 1.50. The molecule has 0 bridgehead atoms. The van der Waals surface area contributed by atoms with Gasteiger partial charge in [-0.2, -0.15) is 0 Å². The van der Waals surface area contributed by atoms with Gasteiger partial charge in [-0.15, -0.1) is 5.10 Å². The highest BCUT2D eigenvalue weighted by Gasteiger charge is 2.12. The molecule has 0 unspecified atom stereocenters. The van der Waals surface area contributed by atoms with Crippen molar-refractivity contribution in [3.05, 3.63) is 41.1 Å². The Morgan fingerprint density at radius 3 is 2.88 bits per heavy atom. The van der Waals surface area contributed by atoms with Gasteiger partial charge >= 0.3 is 0 Å². The van der Waals surface area contributed by atoms with Gasteiger partial charge in [0.15, 0.2) is 0 Å². The first-order chi connectivity index (χ1) is 11.5. The van der Waals surface area contributed by atoms with E-state index in [4.69, 9.17) is 0 Å². The van der Waals surface area contributed by atoms with Crippen LogP contribution in [-0.4, -0.2) is 43.4 Å². The van der Waals surface area contributed by atoms with E-state index in [9.17, 15) is 4.79 Å². The van der Waals surface area contributed by atoms with Crippen molar-refractivity contribution >= 4 is 28.6 Å². The maximum Gasteiger partial charge on any atom is 0.253 e. The molecule has 8 heteroatoms. The molecule has 3 aromatic rings. The van der Waals surface area contributed by atoms with Crippen LogP contribution in [0.2, 0.25) is 0 Å². The summed E-state index contributed by atoms with van der Waals surface area (Å²) < 4.78 is 1.60. The van der Waals surface area contributed by atoms with Gasteiger partial charge in [0.25, 0.3) is 5.91 Å². The van der Waals surface area contributed by atoms with Gasteiger partial charge in [-0.3, -0.25) is 9.78 Å². The van der Waals surface area contributed by atoms with Crippen LogP contribution in [0.3, 0.4) is 0 Å². The summed E-state index contributed by atoms with van der Waals surface area (Å²) in [5.74, 6) is 0.583. The van der Waals surface area contributed by atoms with Crippen molar-refractivity contribution in [1.82, 2.24) is 30.5 Å². The predicted molar refractivity (Wildman–Crippen MR) is 93.1 cm³/mol. The molecule has 1 N–H and O–H groups in total. The summed E-state index contributed by atoms with van der Waals surface area (Å²) in [5.41, 5.74) is 3.39. The number of hydrogen-bond acceptors (Lipinski definition) is 6. The second kappa shape index (κ2) is 6.96. The Balaban J connectivity index is 1.65. The summed E-state index contributed by atoms with van der Waals surface area (Å²) in [4.78, 5) is 16.9. The average molecular weight is 342 g/mol. The lowest BCUT2D eigenvalue weighted by Gasteiger charge is -2.09. The van der Waals surface area contributed by atoms with E-state index in [0.29, 0.717) is 17.9 Å². The van der Waals surface area contributed by atoms with E-state index in [1.165, 1.54) is 11.8 Å². The van der Waals surface area contributed by atoms with Crippen LogP contribution in [0.25, 0.3) is 10.9 Å². The Morgan fingerprint density at radius 1 is 1.29 bits per heavy atom. The van der Waals surface area contributed by atoms with Gasteiger partial charge in [-0.05, 0) is 42.5 Å². The van der Waals surface area contributed by atoms with Crippen molar-refractivity contribution < 1.29 is 4.79 Å². The van der Waals surface area contributed by atoms with Crippen LogP contribution < -0.4 is 5.32 Å². The molecule has 124 valence electrons. The van der Waals surface area contributed by atoms with Gasteiger partial charge in [0.2, 0.25) is 5.16 Å². The molecule has 0 spiro atoms. The van der Waals surface area contributed by atoms with E-state index in [2.05, 4.69) is 25.8 Å². The number of carbonyl (C=O) groups excluding carboxylic acids is 1. The zero-order valence-corrected chi connectivity index (χ0v) is 14.6. The van der Waals surface area contributed by atoms with Gasteiger partial charge in [0.1, 0.15) is 0 Å². The Hall–Kier alpha value is -2.48. The normalized spacial score (nSPS) is 11.0. The number of aromatic nitrogens is 5. The second-order valence-corrected chi connectivity index (χ2v) is 6.57. The number of thioether (sulfide) groups is 1. The highest BCUT2D eigenvalue weighted by molar-refractivity contribution is 7.99. The van der Waals surface area contributed by atoms with E-state index in [0.717, 1.165) is 27.3 Å². The molecule has 1 aromatic carbocycles. The first-order valence-electron chi connectivity index (χ1n) is 7.56. The lowest BCUT2D eigenvalue weighted by Crippen LogP contribution is -2.26. The monoisotopic (exact) mass is 342 g/mol. The fourth-order valence-electron chi connectivity index (χ4n) is 2.37. The maximum atomic E-state index is 12.4. The van der Waals surface area contributed by atoms with Crippen LogP contribution in [0, 0.1) is 13.8 Å². The highest BCUT2D eigenvalue weighted by Crippen LogP contribution is 2.18. The Labute approximate surface area is 143 Å². The van der Waals surface area contributed by atoms with E-state index in [1.807, 2.05) is 38.1 Å². The molecule has 3 rings (SSSR count). The van der Waals surface area contributed by atoms with Gasteiger partial charge in [0.05, 0.1) is 16.8 Å². The van der Waals surface area contributed by atoms with E-state index < -0.39 is 0 Å². The molecule has 0 atom stereocenters. The number of hydrogen-bond donors (Lipinski definition) is 1. The third kappa shape index (κ3) is 3.53. The van der Waals surface area contributed by atoms with Crippen LogP contribution in [0.15, 0.2) is 29.4 Å². The predicted octanol–water partition coefficient (Wildman–Crippen LogP) is 1.90. The van der Waals surface area contributed by atoms with Gasteiger partial charge in [0, 0.05) is 24.7 Å². The molecule has 0 saturated carbocycles. The topological polar surface area (TPSA) is 85.6 Å². The van der Waals surface area contributed by atoms with Crippen molar-refractivity contribution in [2.45, 2.75) is 19.0 Å². The molecular weight excluding hydrogens is 324 g/mol. The minimum atomic E-state index is -0.111. The molecule has 0 aliphatic carbocycles. The molecule has 0 saturated heterocycles. The Bertz CT molecular complexity index is 891. The van der Waals surface area contributed by atoms with E-state index >= 15 is 0 Å². The van der Waals surface area contributed by atoms with E-state index in [-0.39, 0.29) is 5.91 Å². The maximum absolute atomic E-state index is 12.4. The van der Waals surface area contributed by atoms with Crippen molar-refractivity contribution in [3.8, 4) is 0 Å². The summed E-state index contributed by atoms with van der Waals surface area (Å²) in [5, 5.41) is 15.9. The molecule has 7 nitrogen and oxygen atoms in total. The quantitative estimate of drug-likeness (QED) is 0.563. The third-order valence-corrected chi connectivity index (χ3v) is 4.62. The zero-order chi connectivity index (χ0) is 17.1. The molecule has 0 fully saturated rings. The lowest BCUT2D eigenvalue weighted by molar-refractivity contribution is 0.0955. The third-order valence-electron chi connectivity index (χ3n) is 3.61. The Morgan fingerprint density at radius 2 is 2.12 bits per heavy atom. The molecule has 24 heavy (non-hydrogen) atoms. The molecule has 2 heterocycles. The van der Waals surface area contributed by atoms with E-state index in [1.54, 1.807) is 11.7 Å². The second-order valence-electron chi connectivity index (χ2n) is 5.51. The van der Waals surface area contributed by atoms with Gasteiger partial charge in [-0.1, -0.05) is 23.4 Å². The van der Waals surface area contributed by atoms with Crippen LogP contribution in [0.1, 0.15) is 21.6 Å². The standard InChI is InChI=1S/C16H18N6OS/c1-10-4-5-14-12(8-10)9-13(11(2)18-14)15(23)17-6-7-24-16-19-20-21-22(16)3/h4-5,8-9H,6-7H2,1-3H3,(H,17,23). The first-order valence-corrected chi connectivity index (χ1v) is 8.54. The summed E-state index contributed by atoms with van der Waals surface area (Å²) in [6, 6.07) is 7.94. The van der Waals surface area contributed by atoms with Gasteiger partial charge < -0.3 is 5.32 Å². The molecular formula is C16H18N6OS. The SMILES string of the molecule is Cc1ccc2nc(C)c(C(=O)NCCSc3nnnn3C)cc2c1. The first kappa shape index (κ1) is 16.4. The van der Waals surface area contributed by atoms with Crippen LogP contribution >= 0.6 is 11.8 Å². The molecule has 0 aliphatic rings. The van der Waals surface area contributed by atoms with Gasteiger partial charge in [-0.25, -0.2) is 4.68 Å². The number of nitrogens with one attached hydrogen (secondary N) is 1. The summed E-state index contributed by atoms with van der Waals surface area (Å²) in [7, 11) is 1.78. The van der Waals surface area contributed by atoms with Crippen molar-refractivity contribution in [2.24, 2.45) is 7.05 Å². The molecule has 0 aliphatic heterocycles. The van der Waals surface area contributed by atoms with Crippen molar-refractivity contribution in [2.75, 3.05) is 12.3 Å². The Kier molecular flexibility index (Phi) is 4.75. The zero-order valence-electron chi connectivity index (χ0n) is 13.8. The largest absolute Gasteiger partial charge is 0.351 e. The van der Waals surface area contributed by atoms with Crippen LogP contribution in [-0.2, 0) is 7.05 Å². The minimum Gasteiger partial charge on any atom is -0.351 e. The number of pyridine rings is 1. The smallest absolute Gasteiger partial charge is 0.253 e.